The van der Waals surface area contributed by atoms with Crippen LogP contribution in [0.25, 0.3) is 11.1 Å². The molecule has 2 aromatic carbocycles. The Kier molecular flexibility index (Phi) is 2.97. The minimum absolute atomic E-state index is 0.336. The number of hydrogen-bond acceptors (Lipinski definition) is 1. The predicted octanol–water partition coefficient (Wildman–Crippen LogP) is 3.09. The molecule has 2 rings (SSSR count). The molecule has 0 aliphatic rings. The molecular weight excluding hydrogens is 208 g/mol. The van der Waals surface area contributed by atoms with Crippen molar-refractivity contribution in [2.24, 2.45) is 5.73 Å². The van der Waals surface area contributed by atoms with Gasteiger partial charge in [0.15, 0.2) is 0 Å². The molecule has 0 amide bonds. The van der Waals surface area contributed by atoms with Gasteiger partial charge in [0.2, 0.25) is 0 Å². The van der Waals surface area contributed by atoms with Crippen molar-refractivity contribution in [3.63, 3.8) is 0 Å². The Morgan fingerprint density at radius 3 is 2.50 bits per heavy atom. The van der Waals surface area contributed by atoms with Crippen LogP contribution in [0, 0.1) is 11.6 Å². The molecule has 3 heteroatoms. The van der Waals surface area contributed by atoms with Crippen LogP contribution in [0.3, 0.4) is 0 Å². The molecule has 0 aromatic heterocycles. The Balaban J connectivity index is 2.54. The third kappa shape index (κ3) is 2.09. The lowest BCUT2D eigenvalue weighted by Crippen LogP contribution is -1.97. The zero-order chi connectivity index (χ0) is 11.5. The molecule has 2 N–H and O–H groups in total. The fourth-order valence-electron chi connectivity index (χ4n) is 1.58. The quantitative estimate of drug-likeness (QED) is 0.825. The van der Waals surface area contributed by atoms with Crippen LogP contribution in [0.5, 0.6) is 0 Å². The van der Waals surface area contributed by atoms with Gasteiger partial charge in [-0.1, -0.05) is 18.2 Å². The zero-order valence-electron chi connectivity index (χ0n) is 8.58. The van der Waals surface area contributed by atoms with Gasteiger partial charge in [0.05, 0.1) is 0 Å². The van der Waals surface area contributed by atoms with Crippen molar-refractivity contribution in [1.82, 2.24) is 0 Å². The zero-order valence-corrected chi connectivity index (χ0v) is 8.58. The molecule has 0 aliphatic carbocycles. The summed E-state index contributed by atoms with van der Waals surface area (Å²) in [7, 11) is 0. The Morgan fingerprint density at radius 1 is 1.00 bits per heavy atom. The van der Waals surface area contributed by atoms with Gasteiger partial charge in [-0.3, -0.25) is 0 Å². The summed E-state index contributed by atoms with van der Waals surface area (Å²) in [5.41, 5.74) is 7.20. The predicted molar refractivity (Wildman–Crippen MR) is 59.7 cm³/mol. The smallest absolute Gasteiger partial charge is 0.131 e. The third-order valence-electron chi connectivity index (χ3n) is 2.40. The van der Waals surface area contributed by atoms with Crippen LogP contribution in [0.1, 0.15) is 5.56 Å². The number of halogens is 2. The molecule has 1 nitrogen and oxygen atoms in total. The van der Waals surface area contributed by atoms with Crippen LogP contribution in [-0.2, 0) is 6.54 Å². The van der Waals surface area contributed by atoms with E-state index in [2.05, 4.69) is 0 Å². The highest BCUT2D eigenvalue weighted by molar-refractivity contribution is 5.64. The number of hydrogen-bond donors (Lipinski definition) is 1. The largest absolute Gasteiger partial charge is 0.326 e. The Morgan fingerprint density at radius 2 is 1.81 bits per heavy atom. The fourth-order valence-corrected chi connectivity index (χ4v) is 1.58. The molecule has 0 spiro atoms. The summed E-state index contributed by atoms with van der Waals surface area (Å²) in [6, 6.07) is 10.5. The van der Waals surface area contributed by atoms with Crippen LogP contribution in [0.15, 0.2) is 42.5 Å². The van der Waals surface area contributed by atoms with Gasteiger partial charge in [-0.05, 0) is 35.4 Å². The first kappa shape index (κ1) is 10.8. The van der Waals surface area contributed by atoms with E-state index in [1.54, 1.807) is 24.3 Å². The second-order valence-electron chi connectivity index (χ2n) is 3.53. The highest BCUT2D eigenvalue weighted by Crippen LogP contribution is 2.24. The summed E-state index contributed by atoms with van der Waals surface area (Å²) in [6.45, 7) is 0.336. The molecule has 16 heavy (non-hydrogen) atoms. The topological polar surface area (TPSA) is 26.0 Å². The van der Waals surface area contributed by atoms with Crippen LogP contribution >= 0.6 is 0 Å². The summed E-state index contributed by atoms with van der Waals surface area (Å²) in [5.74, 6) is -0.752. The number of benzene rings is 2. The summed E-state index contributed by atoms with van der Waals surface area (Å²) < 4.78 is 26.6. The van der Waals surface area contributed by atoms with Crippen LogP contribution in [0.4, 0.5) is 8.78 Å². The second-order valence-corrected chi connectivity index (χ2v) is 3.53. The van der Waals surface area contributed by atoms with Gasteiger partial charge in [-0.2, -0.15) is 0 Å². The van der Waals surface area contributed by atoms with Crippen molar-refractivity contribution >= 4 is 0 Å². The first-order valence-electron chi connectivity index (χ1n) is 4.95. The van der Waals surface area contributed by atoms with E-state index in [9.17, 15) is 8.78 Å². The molecule has 82 valence electrons. The monoisotopic (exact) mass is 219 g/mol. The van der Waals surface area contributed by atoms with E-state index in [0.29, 0.717) is 17.7 Å². The van der Waals surface area contributed by atoms with Crippen molar-refractivity contribution in [2.75, 3.05) is 0 Å². The van der Waals surface area contributed by atoms with Crippen LogP contribution in [0.2, 0.25) is 0 Å². The standard InChI is InChI=1S/C13H11F2N/c14-11-3-1-2-10(7-11)12-6-9(8-16)4-5-13(12)15/h1-7H,8,16H2. The molecule has 0 aliphatic heterocycles. The summed E-state index contributed by atoms with van der Waals surface area (Å²) >= 11 is 0. The normalized spacial score (nSPS) is 10.4. The minimum atomic E-state index is -0.380. The van der Waals surface area contributed by atoms with E-state index in [1.807, 2.05) is 0 Å². The fraction of sp³-hybridized carbons (Fsp3) is 0.0769. The van der Waals surface area contributed by atoms with E-state index in [-0.39, 0.29) is 11.6 Å². The number of nitrogens with two attached hydrogens (primary N) is 1. The van der Waals surface area contributed by atoms with Gasteiger partial charge in [-0.15, -0.1) is 0 Å². The average Bonchev–Trinajstić information content (AvgIpc) is 2.30. The lowest BCUT2D eigenvalue weighted by molar-refractivity contribution is 0.624. The van der Waals surface area contributed by atoms with Crippen molar-refractivity contribution in [3.05, 3.63) is 59.7 Å². The molecule has 0 bridgehead atoms. The summed E-state index contributed by atoms with van der Waals surface area (Å²) in [5, 5.41) is 0. The third-order valence-corrected chi connectivity index (χ3v) is 2.40. The van der Waals surface area contributed by atoms with Gasteiger partial charge >= 0.3 is 0 Å². The Hall–Kier alpha value is -1.74. The van der Waals surface area contributed by atoms with E-state index < -0.39 is 0 Å². The highest BCUT2D eigenvalue weighted by Gasteiger charge is 2.06. The van der Waals surface area contributed by atoms with E-state index in [1.165, 1.54) is 18.2 Å². The van der Waals surface area contributed by atoms with Crippen molar-refractivity contribution in [2.45, 2.75) is 6.54 Å². The maximum absolute atomic E-state index is 13.6. The first-order valence-corrected chi connectivity index (χ1v) is 4.95. The van der Waals surface area contributed by atoms with E-state index >= 15 is 0 Å². The van der Waals surface area contributed by atoms with E-state index in [0.717, 1.165) is 5.56 Å². The van der Waals surface area contributed by atoms with Crippen molar-refractivity contribution < 1.29 is 8.78 Å². The summed E-state index contributed by atoms with van der Waals surface area (Å²) in [6.07, 6.45) is 0. The first-order chi connectivity index (χ1) is 7.70. The molecule has 0 atom stereocenters. The molecule has 0 heterocycles. The molecule has 2 aromatic rings. The maximum Gasteiger partial charge on any atom is 0.131 e. The Bertz CT molecular complexity index is 509. The second kappa shape index (κ2) is 4.41. The highest BCUT2D eigenvalue weighted by atomic mass is 19.1. The molecule has 0 saturated heterocycles. The maximum atomic E-state index is 13.6. The van der Waals surface area contributed by atoms with Gasteiger partial charge in [0.25, 0.3) is 0 Å². The average molecular weight is 219 g/mol. The van der Waals surface area contributed by atoms with Crippen molar-refractivity contribution in [1.29, 1.82) is 0 Å². The van der Waals surface area contributed by atoms with Gasteiger partial charge < -0.3 is 5.73 Å². The van der Waals surface area contributed by atoms with Crippen molar-refractivity contribution in [3.8, 4) is 11.1 Å². The minimum Gasteiger partial charge on any atom is -0.326 e. The van der Waals surface area contributed by atoms with E-state index in [4.69, 9.17) is 5.73 Å². The number of rotatable bonds is 2. The summed E-state index contributed by atoms with van der Waals surface area (Å²) in [4.78, 5) is 0. The molecule has 0 fully saturated rings. The van der Waals surface area contributed by atoms with Gasteiger partial charge in [0, 0.05) is 12.1 Å². The van der Waals surface area contributed by atoms with Gasteiger partial charge in [0.1, 0.15) is 11.6 Å². The van der Waals surface area contributed by atoms with Gasteiger partial charge in [-0.25, -0.2) is 8.78 Å². The molecule has 0 saturated carbocycles. The SMILES string of the molecule is NCc1ccc(F)c(-c2cccc(F)c2)c1. The molecule has 0 radical (unpaired) electrons. The molecular formula is C13H11F2N. The Labute approximate surface area is 92.5 Å². The van der Waals surface area contributed by atoms with Crippen LogP contribution < -0.4 is 5.73 Å². The lowest BCUT2D eigenvalue weighted by Gasteiger charge is -2.06. The molecule has 0 unspecified atom stereocenters. The lowest BCUT2D eigenvalue weighted by atomic mass is 10.0. The van der Waals surface area contributed by atoms with Crippen LogP contribution in [-0.4, -0.2) is 0 Å².